The lowest BCUT2D eigenvalue weighted by Gasteiger charge is -2.40. The molecule has 1 fully saturated rings. The minimum Gasteiger partial charge on any atom is -0.444 e. The number of carbonyl (C=O) groups excluding carboxylic acids is 1. The van der Waals surface area contributed by atoms with Crippen LogP contribution in [0.3, 0.4) is 0 Å². The SMILES string of the molecule is CN=C(NCc1ccc(-n2cccn2)cc1)NC1CN(C(=O)OC(C)(C)C)C1.I. The van der Waals surface area contributed by atoms with Crippen molar-refractivity contribution in [1.82, 2.24) is 25.3 Å². The van der Waals surface area contributed by atoms with Crippen LogP contribution in [0.15, 0.2) is 47.7 Å². The zero-order chi connectivity index (χ0) is 20.1. The molecular formula is C20H29IN6O2. The molecule has 2 heterocycles. The molecule has 0 saturated carbocycles. The molecule has 0 aliphatic carbocycles. The Hall–Kier alpha value is -2.30. The number of nitrogens with zero attached hydrogens (tertiary/aromatic N) is 4. The van der Waals surface area contributed by atoms with Gasteiger partial charge in [0.25, 0.3) is 0 Å². The minimum absolute atomic E-state index is 0. The Morgan fingerprint density at radius 3 is 2.52 bits per heavy atom. The lowest BCUT2D eigenvalue weighted by molar-refractivity contribution is 0.00701. The number of hydrogen-bond acceptors (Lipinski definition) is 4. The second kappa shape index (κ2) is 9.95. The lowest BCUT2D eigenvalue weighted by atomic mass is 10.1. The van der Waals surface area contributed by atoms with Gasteiger partial charge in [-0.25, -0.2) is 9.48 Å². The van der Waals surface area contributed by atoms with Crippen LogP contribution in [0.4, 0.5) is 4.79 Å². The van der Waals surface area contributed by atoms with Gasteiger partial charge in [0.15, 0.2) is 5.96 Å². The van der Waals surface area contributed by atoms with Crippen LogP contribution in [0, 0.1) is 0 Å². The number of likely N-dealkylation sites (tertiary alicyclic amines) is 1. The highest BCUT2D eigenvalue weighted by Crippen LogP contribution is 2.15. The zero-order valence-corrected chi connectivity index (χ0v) is 19.6. The van der Waals surface area contributed by atoms with Gasteiger partial charge < -0.3 is 20.3 Å². The normalized spacial score (nSPS) is 14.6. The van der Waals surface area contributed by atoms with E-state index in [-0.39, 0.29) is 36.1 Å². The average molecular weight is 512 g/mol. The highest BCUT2D eigenvalue weighted by molar-refractivity contribution is 14.0. The molecule has 1 amide bonds. The fourth-order valence-electron chi connectivity index (χ4n) is 2.81. The Morgan fingerprint density at radius 1 is 1.28 bits per heavy atom. The highest BCUT2D eigenvalue weighted by Gasteiger charge is 2.34. The molecule has 0 atom stereocenters. The van der Waals surface area contributed by atoms with E-state index in [1.165, 1.54) is 0 Å². The standard InChI is InChI=1S/C20H28N6O2.HI/c1-20(2,3)28-19(27)25-13-16(14-25)24-18(21-4)22-12-15-6-8-17(9-7-15)26-11-5-10-23-26;/h5-11,16H,12-14H2,1-4H3,(H2,21,22,24);1H. The average Bonchev–Trinajstić information content (AvgIpc) is 3.13. The number of ether oxygens (including phenoxy) is 1. The smallest absolute Gasteiger partial charge is 0.410 e. The maximum atomic E-state index is 12.0. The van der Waals surface area contributed by atoms with Crippen molar-refractivity contribution in [3.8, 4) is 5.69 Å². The predicted octanol–water partition coefficient (Wildman–Crippen LogP) is 2.77. The fraction of sp³-hybridized carbons (Fsp3) is 0.450. The molecule has 0 radical (unpaired) electrons. The van der Waals surface area contributed by atoms with E-state index in [0.717, 1.165) is 11.3 Å². The number of carbonyl (C=O) groups is 1. The third-order valence-electron chi connectivity index (χ3n) is 4.26. The van der Waals surface area contributed by atoms with Crippen molar-refractivity contribution in [2.75, 3.05) is 20.1 Å². The van der Waals surface area contributed by atoms with Crippen molar-refractivity contribution < 1.29 is 9.53 Å². The van der Waals surface area contributed by atoms with Crippen molar-refractivity contribution in [3.63, 3.8) is 0 Å². The summed E-state index contributed by atoms with van der Waals surface area (Å²) in [6.07, 6.45) is 3.40. The first-order chi connectivity index (χ1) is 13.3. The molecular weight excluding hydrogens is 483 g/mol. The van der Waals surface area contributed by atoms with Crippen molar-refractivity contribution >= 4 is 36.0 Å². The van der Waals surface area contributed by atoms with Crippen LogP contribution in [0.1, 0.15) is 26.3 Å². The van der Waals surface area contributed by atoms with Crippen molar-refractivity contribution in [1.29, 1.82) is 0 Å². The van der Waals surface area contributed by atoms with Gasteiger partial charge in [0.1, 0.15) is 5.60 Å². The molecule has 29 heavy (non-hydrogen) atoms. The van der Waals surface area contributed by atoms with Crippen LogP contribution in [0.5, 0.6) is 0 Å². The second-order valence-corrected chi connectivity index (χ2v) is 7.77. The molecule has 1 saturated heterocycles. The minimum atomic E-state index is -0.472. The molecule has 3 rings (SSSR count). The maximum Gasteiger partial charge on any atom is 0.410 e. The van der Waals surface area contributed by atoms with Crippen molar-refractivity contribution in [3.05, 3.63) is 48.3 Å². The van der Waals surface area contributed by atoms with E-state index in [4.69, 9.17) is 4.74 Å². The topological polar surface area (TPSA) is 83.8 Å². The molecule has 9 heteroatoms. The molecule has 158 valence electrons. The van der Waals surface area contributed by atoms with Gasteiger partial charge in [-0.15, -0.1) is 24.0 Å². The number of hydrogen-bond donors (Lipinski definition) is 2. The number of nitrogens with one attached hydrogen (secondary N) is 2. The van der Waals surface area contributed by atoms with Gasteiger partial charge in [0.05, 0.1) is 11.7 Å². The van der Waals surface area contributed by atoms with Crippen molar-refractivity contribution in [2.24, 2.45) is 4.99 Å². The lowest BCUT2D eigenvalue weighted by Crippen LogP contribution is -2.63. The molecule has 1 aliphatic rings. The quantitative estimate of drug-likeness (QED) is 0.374. The number of rotatable bonds is 4. The molecule has 0 spiro atoms. The van der Waals surface area contributed by atoms with Crippen LogP contribution in [0.25, 0.3) is 5.69 Å². The van der Waals surface area contributed by atoms with Gasteiger partial charge in [-0.3, -0.25) is 4.99 Å². The Kier molecular flexibility index (Phi) is 7.88. The summed E-state index contributed by atoms with van der Waals surface area (Å²) < 4.78 is 7.19. The Morgan fingerprint density at radius 2 is 1.97 bits per heavy atom. The third-order valence-corrected chi connectivity index (χ3v) is 4.26. The van der Waals surface area contributed by atoms with Gasteiger partial charge in [-0.1, -0.05) is 12.1 Å². The van der Waals surface area contributed by atoms with Gasteiger partial charge >= 0.3 is 6.09 Å². The highest BCUT2D eigenvalue weighted by atomic mass is 127. The summed E-state index contributed by atoms with van der Waals surface area (Å²) in [6.45, 7) is 7.47. The van der Waals surface area contributed by atoms with Crippen LogP contribution < -0.4 is 10.6 Å². The molecule has 2 N–H and O–H groups in total. The van der Waals surface area contributed by atoms with E-state index in [1.807, 2.05) is 49.8 Å². The predicted molar refractivity (Wildman–Crippen MR) is 124 cm³/mol. The third kappa shape index (κ3) is 6.62. The number of aromatic nitrogens is 2. The molecule has 8 nitrogen and oxygen atoms in total. The zero-order valence-electron chi connectivity index (χ0n) is 17.3. The summed E-state index contributed by atoms with van der Waals surface area (Å²) in [5.41, 5.74) is 1.69. The maximum absolute atomic E-state index is 12.0. The number of amides is 1. The summed E-state index contributed by atoms with van der Waals surface area (Å²) in [4.78, 5) is 17.9. The Balaban J connectivity index is 0.00000300. The van der Waals surface area contributed by atoms with Gasteiger partial charge in [-0.05, 0) is 44.5 Å². The van der Waals surface area contributed by atoms with Crippen LogP contribution in [-0.2, 0) is 11.3 Å². The summed E-state index contributed by atoms with van der Waals surface area (Å²) in [7, 11) is 1.74. The molecule has 1 aliphatic heterocycles. The first-order valence-electron chi connectivity index (χ1n) is 9.38. The summed E-state index contributed by atoms with van der Waals surface area (Å²) >= 11 is 0. The Labute approximate surface area is 188 Å². The largest absolute Gasteiger partial charge is 0.444 e. The molecule has 1 aromatic carbocycles. The summed E-state index contributed by atoms with van der Waals surface area (Å²) in [5, 5.41) is 10.9. The summed E-state index contributed by atoms with van der Waals surface area (Å²) in [6, 6.07) is 10.3. The van der Waals surface area contributed by atoms with Gasteiger partial charge in [0, 0.05) is 39.1 Å². The number of halogens is 1. The first kappa shape index (κ1) is 23.0. The van der Waals surface area contributed by atoms with E-state index in [9.17, 15) is 4.79 Å². The molecule has 0 unspecified atom stereocenters. The second-order valence-electron chi connectivity index (χ2n) is 7.77. The Bertz CT molecular complexity index is 808. The molecule has 1 aromatic heterocycles. The number of guanidine groups is 1. The van der Waals surface area contributed by atoms with E-state index in [1.54, 1.807) is 18.1 Å². The summed E-state index contributed by atoms with van der Waals surface area (Å²) in [5.74, 6) is 0.713. The van der Waals surface area contributed by atoms with E-state index < -0.39 is 5.60 Å². The van der Waals surface area contributed by atoms with Crippen LogP contribution in [-0.4, -0.2) is 58.5 Å². The van der Waals surface area contributed by atoms with Crippen LogP contribution in [0.2, 0.25) is 0 Å². The fourth-order valence-corrected chi connectivity index (χ4v) is 2.81. The van der Waals surface area contributed by atoms with Crippen molar-refractivity contribution in [2.45, 2.75) is 39.0 Å². The number of aliphatic imine (C=N–C) groups is 1. The first-order valence-corrected chi connectivity index (χ1v) is 9.38. The monoisotopic (exact) mass is 512 g/mol. The van der Waals surface area contributed by atoms with E-state index in [2.05, 4.69) is 32.9 Å². The van der Waals surface area contributed by atoms with E-state index in [0.29, 0.717) is 25.6 Å². The molecule has 0 bridgehead atoms. The number of benzene rings is 1. The van der Waals surface area contributed by atoms with Crippen LogP contribution >= 0.6 is 24.0 Å². The van der Waals surface area contributed by atoms with Gasteiger partial charge in [-0.2, -0.15) is 5.10 Å². The van der Waals surface area contributed by atoms with E-state index >= 15 is 0 Å². The van der Waals surface area contributed by atoms with Gasteiger partial charge in [0.2, 0.25) is 0 Å². The molecule has 2 aromatic rings.